The van der Waals surface area contributed by atoms with Crippen LogP contribution < -0.4 is 15.0 Å². The number of carbonyl (C=O) groups is 1. The fourth-order valence-electron chi connectivity index (χ4n) is 2.01. The molecule has 0 spiro atoms. The van der Waals surface area contributed by atoms with Crippen LogP contribution >= 0.6 is 0 Å². The van der Waals surface area contributed by atoms with E-state index >= 15 is 0 Å². The van der Waals surface area contributed by atoms with Crippen LogP contribution in [0.1, 0.15) is 11.1 Å². The summed E-state index contributed by atoms with van der Waals surface area (Å²) < 4.78 is 10.5. The zero-order chi connectivity index (χ0) is 16.5. The molecule has 0 aliphatic rings. The Morgan fingerprint density at radius 1 is 1.04 bits per heavy atom. The van der Waals surface area contributed by atoms with E-state index in [0.29, 0.717) is 18.1 Å². The van der Waals surface area contributed by atoms with Crippen LogP contribution in [0.2, 0.25) is 0 Å². The lowest BCUT2D eigenvalue weighted by molar-refractivity contribution is -0.129. The second-order valence-electron chi connectivity index (χ2n) is 4.66. The van der Waals surface area contributed by atoms with E-state index in [1.165, 1.54) is 6.08 Å². The second kappa shape index (κ2) is 8.60. The van der Waals surface area contributed by atoms with E-state index in [0.717, 1.165) is 11.1 Å². The van der Waals surface area contributed by atoms with Gasteiger partial charge in [0.1, 0.15) is 0 Å². The number of ether oxygens (including phenoxy) is 2. The predicted molar refractivity (Wildman–Crippen MR) is 88.0 cm³/mol. The first-order chi connectivity index (χ1) is 11.2. The van der Waals surface area contributed by atoms with Crippen molar-refractivity contribution in [3.8, 4) is 11.5 Å². The zero-order valence-electron chi connectivity index (χ0n) is 13.1. The first-order valence-corrected chi connectivity index (χ1v) is 7.09. The number of hydroxylamine groups is 1. The molecule has 2 rings (SSSR count). The molecule has 0 bridgehead atoms. The highest BCUT2D eigenvalue weighted by molar-refractivity contribution is 5.91. The second-order valence-corrected chi connectivity index (χ2v) is 4.66. The summed E-state index contributed by atoms with van der Waals surface area (Å²) in [4.78, 5) is 16.9. The van der Waals surface area contributed by atoms with Crippen molar-refractivity contribution in [3.05, 3.63) is 65.7 Å². The van der Waals surface area contributed by atoms with Crippen LogP contribution in [0.15, 0.2) is 54.6 Å². The Hall–Kier alpha value is -2.79. The van der Waals surface area contributed by atoms with Gasteiger partial charge in [-0.15, -0.1) is 0 Å². The van der Waals surface area contributed by atoms with Crippen molar-refractivity contribution >= 4 is 12.0 Å². The third kappa shape index (κ3) is 4.86. The van der Waals surface area contributed by atoms with E-state index in [2.05, 4.69) is 5.48 Å². The van der Waals surface area contributed by atoms with Gasteiger partial charge in [-0.05, 0) is 17.7 Å². The summed E-state index contributed by atoms with van der Waals surface area (Å²) in [7, 11) is 3.12. The average molecular weight is 313 g/mol. The van der Waals surface area contributed by atoms with Gasteiger partial charge in [-0.1, -0.05) is 42.5 Å². The van der Waals surface area contributed by atoms with Crippen LogP contribution in [0.3, 0.4) is 0 Å². The average Bonchev–Trinajstić information content (AvgIpc) is 2.60. The van der Waals surface area contributed by atoms with Crippen LogP contribution in [-0.2, 0) is 16.2 Å². The molecule has 0 saturated carbocycles. The molecule has 23 heavy (non-hydrogen) atoms. The summed E-state index contributed by atoms with van der Waals surface area (Å²) in [5.74, 6) is 0.824. The number of hydrogen-bond donors (Lipinski definition) is 1. The van der Waals surface area contributed by atoms with Crippen LogP contribution in [0.25, 0.3) is 6.08 Å². The quantitative estimate of drug-likeness (QED) is 0.631. The summed E-state index contributed by atoms with van der Waals surface area (Å²) in [6, 6.07) is 15.0. The van der Waals surface area contributed by atoms with Crippen molar-refractivity contribution < 1.29 is 19.1 Å². The molecule has 2 aromatic carbocycles. The van der Waals surface area contributed by atoms with E-state index in [1.54, 1.807) is 26.4 Å². The standard InChI is InChI=1S/C18H19NO4/c1-21-16-10-6-9-15(18(16)22-2)11-12-17(20)19-23-13-14-7-4-3-5-8-14/h3-12H,13H2,1-2H3,(H,19,20)/b12-11+. The largest absolute Gasteiger partial charge is 0.493 e. The molecule has 5 heteroatoms. The van der Waals surface area contributed by atoms with Crippen LogP contribution in [0.4, 0.5) is 0 Å². The Morgan fingerprint density at radius 3 is 2.52 bits per heavy atom. The third-order valence-electron chi connectivity index (χ3n) is 3.10. The van der Waals surface area contributed by atoms with E-state index in [4.69, 9.17) is 14.3 Å². The molecule has 0 aromatic heterocycles. The fraction of sp³-hybridized carbons (Fsp3) is 0.167. The minimum absolute atomic E-state index is 0.308. The molecule has 0 heterocycles. The fourth-order valence-corrected chi connectivity index (χ4v) is 2.01. The van der Waals surface area contributed by atoms with Crippen molar-refractivity contribution in [2.24, 2.45) is 0 Å². The number of rotatable bonds is 7. The predicted octanol–water partition coefficient (Wildman–Crippen LogP) is 2.97. The molecular formula is C18H19NO4. The number of benzene rings is 2. The normalized spacial score (nSPS) is 10.5. The summed E-state index contributed by atoms with van der Waals surface area (Å²) in [6.45, 7) is 0.308. The highest BCUT2D eigenvalue weighted by Crippen LogP contribution is 2.31. The molecule has 1 amide bonds. The number of nitrogens with one attached hydrogen (secondary N) is 1. The Kier molecular flexibility index (Phi) is 6.20. The molecule has 0 aliphatic heterocycles. The maximum atomic E-state index is 11.8. The van der Waals surface area contributed by atoms with Crippen molar-refractivity contribution in [3.63, 3.8) is 0 Å². The first-order valence-electron chi connectivity index (χ1n) is 7.09. The number of hydrogen-bond acceptors (Lipinski definition) is 4. The first kappa shape index (κ1) is 16.6. The van der Waals surface area contributed by atoms with Gasteiger partial charge in [0.2, 0.25) is 0 Å². The van der Waals surface area contributed by atoms with E-state index in [9.17, 15) is 4.79 Å². The minimum atomic E-state index is -0.356. The monoisotopic (exact) mass is 313 g/mol. The molecule has 0 aliphatic carbocycles. The summed E-state index contributed by atoms with van der Waals surface area (Å²) in [5, 5.41) is 0. The highest BCUT2D eigenvalue weighted by Gasteiger charge is 2.07. The minimum Gasteiger partial charge on any atom is -0.493 e. The van der Waals surface area contributed by atoms with Gasteiger partial charge in [-0.3, -0.25) is 9.63 Å². The topological polar surface area (TPSA) is 56.8 Å². The Morgan fingerprint density at radius 2 is 1.83 bits per heavy atom. The van der Waals surface area contributed by atoms with Gasteiger partial charge in [0.05, 0.1) is 20.8 Å². The van der Waals surface area contributed by atoms with Gasteiger partial charge in [-0.25, -0.2) is 5.48 Å². The lowest BCUT2D eigenvalue weighted by Gasteiger charge is -2.09. The van der Waals surface area contributed by atoms with Gasteiger partial charge in [-0.2, -0.15) is 0 Å². The smallest absolute Gasteiger partial charge is 0.267 e. The number of methoxy groups -OCH3 is 2. The lowest BCUT2D eigenvalue weighted by Crippen LogP contribution is -2.21. The summed E-state index contributed by atoms with van der Waals surface area (Å²) in [6.07, 6.45) is 3.02. The number of para-hydroxylation sites is 1. The number of amides is 1. The van der Waals surface area contributed by atoms with Gasteiger partial charge >= 0.3 is 0 Å². The van der Waals surface area contributed by atoms with Crippen LogP contribution in [0.5, 0.6) is 11.5 Å². The van der Waals surface area contributed by atoms with Gasteiger partial charge in [0.15, 0.2) is 11.5 Å². The molecule has 1 N–H and O–H groups in total. The molecule has 5 nitrogen and oxygen atoms in total. The Balaban J connectivity index is 1.91. The van der Waals surface area contributed by atoms with Crippen LogP contribution in [0, 0.1) is 0 Å². The van der Waals surface area contributed by atoms with Gasteiger partial charge in [0, 0.05) is 11.6 Å². The Bertz CT molecular complexity index is 668. The summed E-state index contributed by atoms with van der Waals surface area (Å²) in [5.41, 5.74) is 4.09. The van der Waals surface area contributed by atoms with Crippen molar-refractivity contribution in [1.82, 2.24) is 5.48 Å². The third-order valence-corrected chi connectivity index (χ3v) is 3.10. The Labute approximate surface area is 135 Å². The molecule has 0 atom stereocenters. The van der Waals surface area contributed by atoms with E-state index < -0.39 is 0 Å². The SMILES string of the molecule is COc1cccc(/C=C/C(=O)NOCc2ccccc2)c1OC. The maximum Gasteiger partial charge on any atom is 0.267 e. The van der Waals surface area contributed by atoms with Gasteiger partial charge in [0.25, 0.3) is 5.91 Å². The van der Waals surface area contributed by atoms with Crippen LogP contribution in [-0.4, -0.2) is 20.1 Å². The lowest BCUT2D eigenvalue weighted by atomic mass is 10.1. The summed E-state index contributed by atoms with van der Waals surface area (Å²) >= 11 is 0. The van der Waals surface area contributed by atoms with Crippen molar-refractivity contribution in [2.45, 2.75) is 6.61 Å². The molecular weight excluding hydrogens is 294 g/mol. The molecule has 0 unspecified atom stereocenters. The maximum absolute atomic E-state index is 11.8. The van der Waals surface area contributed by atoms with E-state index in [1.807, 2.05) is 42.5 Å². The zero-order valence-corrected chi connectivity index (χ0v) is 13.1. The molecule has 120 valence electrons. The van der Waals surface area contributed by atoms with Gasteiger partial charge < -0.3 is 9.47 Å². The van der Waals surface area contributed by atoms with Crippen molar-refractivity contribution in [2.75, 3.05) is 14.2 Å². The molecule has 2 aromatic rings. The highest BCUT2D eigenvalue weighted by atomic mass is 16.6. The number of carbonyl (C=O) groups excluding carboxylic acids is 1. The van der Waals surface area contributed by atoms with E-state index in [-0.39, 0.29) is 5.91 Å². The molecule has 0 saturated heterocycles. The molecule has 0 radical (unpaired) electrons. The van der Waals surface area contributed by atoms with Crippen molar-refractivity contribution in [1.29, 1.82) is 0 Å². The molecule has 0 fully saturated rings.